The molecular weight excluding hydrogens is 631 g/mol. The van der Waals surface area contributed by atoms with Crippen LogP contribution in [0, 0.1) is 14.4 Å². The fourth-order valence-corrected chi connectivity index (χ4v) is 7.31. The maximum Gasteiger partial charge on any atom is 0.255 e. The van der Waals surface area contributed by atoms with Crippen LogP contribution in [0.4, 0.5) is 0 Å². The fourth-order valence-electron chi connectivity index (χ4n) is 6.53. The molecule has 0 radical (unpaired) electrons. The first-order chi connectivity index (χ1) is 19.3. The predicted octanol–water partition coefficient (Wildman–Crippen LogP) is 6.05. The highest BCUT2D eigenvalue weighted by Crippen LogP contribution is 2.55. The van der Waals surface area contributed by atoms with Crippen molar-refractivity contribution in [2.75, 3.05) is 13.7 Å². The average Bonchev–Trinajstić information content (AvgIpc) is 2.87. The van der Waals surface area contributed by atoms with Crippen LogP contribution in [-0.4, -0.2) is 36.1 Å². The minimum atomic E-state index is -0.590. The van der Waals surface area contributed by atoms with Gasteiger partial charge in [-0.25, -0.2) is 0 Å². The third-order valence-electron chi connectivity index (χ3n) is 8.15. The van der Waals surface area contributed by atoms with Crippen LogP contribution in [0.15, 0.2) is 65.0 Å². The number of hydrogen-bond acceptors (Lipinski definition) is 6. The molecule has 0 atom stereocenters. The van der Waals surface area contributed by atoms with Crippen LogP contribution in [0.2, 0.25) is 0 Å². The summed E-state index contributed by atoms with van der Waals surface area (Å²) in [6.45, 7) is 8.87. The van der Waals surface area contributed by atoms with Crippen LogP contribution in [-0.2, 0) is 20.9 Å². The summed E-state index contributed by atoms with van der Waals surface area (Å²) in [6.07, 6.45) is 2.29. The normalized spacial score (nSPS) is 20.1. The Morgan fingerprint density at radius 3 is 2.02 bits per heavy atom. The number of carbonyl (C=O) groups is 3. The Labute approximate surface area is 255 Å². The molecule has 5 rings (SSSR count). The Morgan fingerprint density at radius 2 is 1.51 bits per heavy atom. The van der Waals surface area contributed by atoms with Gasteiger partial charge in [-0.2, -0.15) is 0 Å². The third-order valence-corrected chi connectivity index (χ3v) is 8.95. The van der Waals surface area contributed by atoms with E-state index in [9.17, 15) is 14.4 Å². The largest absolute Gasteiger partial charge is 0.493 e. The molecule has 0 saturated carbocycles. The molecule has 2 aromatic carbocycles. The molecule has 0 fully saturated rings. The maximum absolute atomic E-state index is 14.1. The number of allylic oxidation sites excluding steroid dienone is 4. The van der Waals surface area contributed by atoms with Gasteiger partial charge in [0.1, 0.15) is 0 Å². The number of nitrogens with zero attached hydrogens (tertiary/aromatic N) is 1. The number of nitrogens with two attached hydrogens (primary N) is 1. The summed E-state index contributed by atoms with van der Waals surface area (Å²) in [6, 6.07) is 14.0. The van der Waals surface area contributed by atoms with Gasteiger partial charge in [0.05, 0.1) is 10.7 Å². The molecule has 1 aliphatic heterocycles. The van der Waals surface area contributed by atoms with Crippen molar-refractivity contribution in [1.29, 1.82) is 0 Å². The Balaban J connectivity index is 1.75. The summed E-state index contributed by atoms with van der Waals surface area (Å²) in [7, 11) is 1.53. The van der Waals surface area contributed by atoms with Gasteiger partial charge in [-0.1, -0.05) is 58.0 Å². The zero-order valence-corrected chi connectivity index (χ0v) is 26.5. The number of methoxy groups -OCH3 is 1. The van der Waals surface area contributed by atoms with Crippen molar-refractivity contribution in [3.8, 4) is 11.5 Å². The number of hydrogen-bond donors (Lipinski definition) is 1. The van der Waals surface area contributed by atoms with Crippen molar-refractivity contribution in [2.24, 2.45) is 16.6 Å². The molecule has 0 aromatic heterocycles. The van der Waals surface area contributed by atoms with Crippen molar-refractivity contribution in [3.05, 3.63) is 79.7 Å². The standard InChI is InChI=1S/C33H37IN2O5/c1-32(2)13-22-29(24(37)15-32)28(20-11-21(34)31(26(12-20)40-5)41-18-27(35)39)30-23(14-33(3,4)16-25(30)38)36(22)17-19-9-7-6-8-10-19/h6-12,28H,13-18H2,1-5H3,(H2,35,39). The highest BCUT2D eigenvalue weighted by molar-refractivity contribution is 14.1. The Morgan fingerprint density at radius 1 is 0.951 bits per heavy atom. The van der Waals surface area contributed by atoms with E-state index >= 15 is 0 Å². The second kappa shape index (κ2) is 10.9. The van der Waals surface area contributed by atoms with Gasteiger partial charge in [-0.3, -0.25) is 14.4 Å². The molecule has 41 heavy (non-hydrogen) atoms. The lowest BCUT2D eigenvalue weighted by atomic mass is 9.63. The lowest BCUT2D eigenvalue weighted by Crippen LogP contribution is -2.44. The number of primary amides is 1. The second-order valence-corrected chi connectivity index (χ2v) is 14.1. The van der Waals surface area contributed by atoms with Crippen molar-refractivity contribution in [2.45, 2.75) is 65.8 Å². The van der Waals surface area contributed by atoms with E-state index in [0.717, 1.165) is 35.4 Å². The quantitative estimate of drug-likeness (QED) is 0.361. The lowest BCUT2D eigenvalue weighted by Gasteiger charge is -2.49. The Bertz CT molecular complexity index is 1430. The summed E-state index contributed by atoms with van der Waals surface area (Å²) in [5.41, 5.74) is 10.3. The first-order valence-corrected chi connectivity index (χ1v) is 15.0. The smallest absolute Gasteiger partial charge is 0.255 e. The van der Waals surface area contributed by atoms with Gasteiger partial charge >= 0.3 is 0 Å². The van der Waals surface area contributed by atoms with E-state index < -0.39 is 11.8 Å². The van der Waals surface area contributed by atoms with Crippen LogP contribution in [0.5, 0.6) is 11.5 Å². The molecule has 1 amide bonds. The van der Waals surface area contributed by atoms with Gasteiger partial charge in [-0.15, -0.1) is 0 Å². The van der Waals surface area contributed by atoms with E-state index in [4.69, 9.17) is 15.2 Å². The summed E-state index contributed by atoms with van der Waals surface area (Å²) in [5, 5.41) is 0. The van der Waals surface area contributed by atoms with Crippen molar-refractivity contribution < 1.29 is 23.9 Å². The van der Waals surface area contributed by atoms with E-state index in [0.29, 0.717) is 45.6 Å². The van der Waals surface area contributed by atoms with E-state index in [1.165, 1.54) is 7.11 Å². The van der Waals surface area contributed by atoms with Crippen LogP contribution >= 0.6 is 22.6 Å². The lowest BCUT2D eigenvalue weighted by molar-refractivity contribution is -0.121. The van der Waals surface area contributed by atoms with Crippen molar-refractivity contribution in [3.63, 3.8) is 0 Å². The van der Waals surface area contributed by atoms with E-state index in [1.54, 1.807) is 0 Å². The molecule has 0 unspecified atom stereocenters. The molecule has 2 aliphatic carbocycles. The van der Waals surface area contributed by atoms with E-state index in [1.807, 2.05) is 30.3 Å². The predicted molar refractivity (Wildman–Crippen MR) is 165 cm³/mol. The van der Waals surface area contributed by atoms with Crippen molar-refractivity contribution >= 4 is 40.1 Å². The van der Waals surface area contributed by atoms with Gasteiger partial charge in [0.25, 0.3) is 5.91 Å². The zero-order chi connectivity index (χ0) is 29.7. The second-order valence-electron chi connectivity index (χ2n) is 12.9. The molecule has 0 bridgehead atoms. The molecule has 3 aliphatic rings. The first-order valence-electron chi connectivity index (χ1n) is 13.9. The number of ether oxygens (including phenoxy) is 2. The fraction of sp³-hybridized carbons (Fsp3) is 0.424. The first kappa shape index (κ1) is 29.4. The number of carbonyl (C=O) groups excluding carboxylic acids is 3. The summed E-state index contributed by atoms with van der Waals surface area (Å²) in [4.78, 5) is 41.9. The van der Waals surface area contributed by atoms with Crippen LogP contribution in [0.1, 0.15) is 70.4 Å². The minimum Gasteiger partial charge on any atom is -0.493 e. The Kier molecular flexibility index (Phi) is 7.82. The highest BCUT2D eigenvalue weighted by atomic mass is 127. The number of halogens is 1. The molecule has 8 heteroatoms. The summed E-state index contributed by atoms with van der Waals surface area (Å²) < 4.78 is 12.1. The SMILES string of the molecule is COc1cc(C2C3=C(CC(C)(C)CC3=O)N(Cc3ccccc3)C3=C2C(=O)CC(C)(C)C3)cc(I)c1OCC(N)=O. The van der Waals surface area contributed by atoms with Gasteiger partial charge in [0.15, 0.2) is 29.7 Å². The van der Waals surface area contributed by atoms with E-state index in [-0.39, 0.29) is 29.0 Å². The topological polar surface area (TPSA) is 98.9 Å². The number of rotatable bonds is 7. The molecule has 0 saturated heterocycles. The molecule has 2 aromatic rings. The van der Waals surface area contributed by atoms with Gasteiger partial charge in [0.2, 0.25) is 0 Å². The molecule has 7 nitrogen and oxygen atoms in total. The van der Waals surface area contributed by atoms with Crippen LogP contribution in [0.25, 0.3) is 0 Å². The zero-order valence-electron chi connectivity index (χ0n) is 24.3. The minimum absolute atomic E-state index is 0.0755. The summed E-state index contributed by atoms with van der Waals surface area (Å²) >= 11 is 2.14. The molecular formula is C33H37IN2O5. The van der Waals surface area contributed by atoms with Gasteiger partial charge < -0.3 is 20.1 Å². The molecule has 2 N–H and O–H groups in total. The van der Waals surface area contributed by atoms with Crippen LogP contribution < -0.4 is 15.2 Å². The molecule has 1 heterocycles. The molecule has 216 valence electrons. The number of benzene rings is 2. The van der Waals surface area contributed by atoms with Crippen LogP contribution in [0.3, 0.4) is 0 Å². The maximum atomic E-state index is 14.1. The summed E-state index contributed by atoms with van der Waals surface area (Å²) in [5.74, 6) is -0.109. The highest BCUT2D eigenvalue weighted by Gasteiger charge is 2.49. The number of amides is 1. The molecule has 0 spiro atoms. The Hall–Kier alpha value is -3.14. The number of Topliss-reactive ketones (excluding diaryl/α,β-unsaturated/α-hetero) is 2. The number of ketones is 2. The van der Waals surface area contributed by atoms with Gasteiger partial charge in [0, 0.05) is 47.8 Å². The van der Waals surface area contributed by atoms with Crippen molar-refractivity contribution in [1.82, 2.24) is 4.90 Å². The van der Waals surface area contributed by atoms with Gasteiger partial charge in [-0.05, 0) is 69.5 Å². The third kappa shape index (κ3) is 5.80. The van der Waals surface area contributed by atoms with E-state index in [2.05, 4.69) is 67.3 Å². The monoisotopic (exact) mass is 668 g/mol. The average molecular weight is 669 g/mol.